The Hall–Kier alpha value is -0.630. The van der Waals surface area contributed by atoms with Gasteiger partial charge < -0.3 is 4.74 Å². The van der Waals surface area contributed by atoms with Gasteiger partial charge in [-0.3, -0.25) is 4.79 Å². The average Bonchev–Trinajstić information content (AvgIpc) is 2.90. The molecule has 0 unspecified atom stereocenters. The number of hydrogen-bond donors (Lipinski definition) is 0. The molecular weight excluding hydrogens is 296 g/mol. The Morgan fingerprint density at radius 2 is 1.92 bits per heavy atom. The predicted molar refractivity (Wildman–Crippen MR) is 96.7 cm³/mol. The van der Waals surface area contributed by atoms with Crippen molar-refractivity contribution < 1.29 is 9.53 Å². The molecule has 0 amide bonds. The SMILES string of the molecule is CCCO[C@H]1CC[C@H]2[C@H]3CCC4=CC(=O)CC[C@]4(C)[C@H]3CC[C@]12C. The molecule has 6 atom stereocenters. The summed E-state index contributed by atoms with van der Waals surface area (Å²) in [6.07, 6.45) is 13.3. The van der Waals surface area contributed by atoms with Gasteiger partial charge in [-0.05, 0) is 86.0 Å². The summed E-state index contributed by atoms with van der Waals surface area (Å²) in [4.78, 5) is 11.9. The molecule has 0 radical (unpaired) electrons. The zero-order valence-electron chi connectivity index (χ0n) is 15.8. The third-order valence-electron chi connectivity index (χ3n) is 8.40. The van der Waals surface area contributed by atoms with Crippen LogP contribution in [0, 0.1) is 28.6 Å². The predicted octanol–water partition coefficient (Wildman–Crippen LogP) is 5.31. The first-order chi connectivity index (χ1) is 11.5. The molecule has 4 aliphatic carbocycles. The number of carbonyl (C=O) groups excluding carboxylic acids is 1. The van der Waals surface area contributed by atoms with Gasteiger partial charge in [0.25, 0.3) is 0 Å². The number of hydrogen-bond acceptors (Lipinski definition) is 2. The molecule has 4 rings (SSSR count). The zero-order chi connectivity index (χ0) is 16.9. The highest BCUT2D eigenvalue weighted by molar-refractivity contribution is 5.91. The van der Waals surface area contributed by atoms with Crippen LogP contribution in [0.1, 0.15) is 78.6 Å². The van der Waals surface area contributed by atoms with Crippen LogP contribution in [0.2, 0.25) is 0 Å². The molecule has 2 nitrogen and oxygen atoms in total. The quantitative estimate of drug-likeness (QED) is 0.700. The number of allylic oxidation sites excluding steroid dienone is 1. The van der Waals surface area contributed by atoms with Crippen molar-refractivity contribution in [1.82, 2.24) is 0 Å². The van der Waals surface area contributed by atoms with E-state index in [1.165, 1.54) is 37.7 Å². The van der Waals surface area contributed by atoms with E-state index in [1.807, 2.05) is 6.08 Å². The van der Waals surface area contributed by atoms with Crippen LogP contribution in [0.4, 0.5) is 0 Å². The van der Waals surface area contributed by atoms with Crippen molar-refractivity contribution in [1.29, 1.82) is 0 Å². The maximum Gasteiger partial charge on any atom is 0.155 e. The summed E-state index contributed by atoms with van der Waals surface area (Å²) >= 11 is 0. The second-order valence-corrected chi connectivity index (χ2v) is 9.45. The highest BCUT2D eigenvalue weighted by Gasteiger charge is 2.59. The van der Waals surface area contributed by atoms with Gasteiger partial charge in [-0.1, -0.05) is 26.3 Å². The molecule has 24 heavy (non-hydrogen) atoms. The van der Waals surface area contributed by atoms with Gasteiger partial charge >= 0.3 is 0 Å². The second-order valence-electron chi connectivity index (χ2n) is 9.45. The van der Waals surface area contributed by atoms with Gasteiger partial charge in [-0.15, -0.1) is 0 Å². The minimum atomic E-state index is 0.306. The summed E-state index contributed by atoms with van der Waals surface area (Å²) in [7, 11) is 0. The van der Waals surface area contributed by atoms with E-state index in [2.05, 4.69) is 20.8 Å². The summed E-state index contributed by atoms with van der Waals surface area (Å²) in [5, 5.41) is 0. The first kappa shape index (κ1) is 16.8. The lowest BCUT2D eigenvalue weighted by atomic mass is 9.47. The molecule has 4 aliphatic rings. The minimum Gasteiger partial charge on any atom is -0.378 e. The third-order valence-corrected chi connectivity index (χ3v) is 8.40. The molecule has 0 heterocycles. The summed E-state index contributed by atoms with van der Waals surface area (Å²) in [6.45, 7) is 8.14. The van der Waals surface area contributed by atoms with Gasteiger partial charge in [-0.2, -0.15) is 0 Å². The van der Waals surface area contributed by atoms with Crippen molar-refractivity contribution >= 4 is 5.78 Å². The van der Waals surface area contributed by atoms with E-state index in [0.29, 0.717) is 22.7 Å². The van der Waals surface area contributed by atoms with E-state index in [9.17, 15) is 4.79 Å². The lowest BCUT2D eigenvalue weighted by molar-refractivity contribution is -0.118. The van der Waals surface area contributed by atoms with Crippen LogP contribution in [-0.2, 0) is 9.53 Å². The van der Waals surface area contributed by atoms with Crippen molar-refractivity contribution in [3.63, 3.8) is 0 Å². The third kappa shape index (κ3) is 2.35. The molecule has 2 heteroatoms. The highest BCUT2D eigenvalue weighted by atomic mass is 16.5. The van der Waals surface area contributed by atoms with Gasteiger partial charge in [0.15, 0.2) is 5.78 Å². The van der Waals surface area contributed by atoms with Crippen LogP contribution in [0.5, 0.6) is 0 Å². The second kappa shape index (κ2) is 5.97. The van der Waals surface area contributed by atoms with E-state index in [1.54, 1.807) is 0 Å². The fourth-order valence-electron chi connectivity index (χ4n) is 7.05. The van der Waals surface area contributed by atoms with Crippen molar-refractivity contribution in [3.05, 3.63) is 11.6 Å². The lowest BCUT2D eigenvalue weighted by Gasteiger charge is -2.58. The number of carbonyl (C=O) groups is 1. The zero-order valence-corrected chi connectivity index (χ0v) is 15.8. The topological polar surface area (TPSA) is 26.3 Å². The Kier molecular flexibility index (Phi) is 4.18. The van der Waals surface area contributed by atoms with Crippen LogP contribution in [-0.4, -0.2) is 18.5 Å². The first-order valence-corrected chi connectivity index (χ1v) is 10.3. The monoisotopic (exact) mass is 330 g/mol. The van der Waals surface area contributed by atoms with Crippen LogP contribution in [0.15, 0.2) is 11.6 Å². The van der Waals surface area contributed by atoms with Gasteiger partial charge in [0.05, 0.1) is 6.10 Å². The van der Waals surface area contributed by atoms with Crippen molar-refractivity contribution in [2.75, 3.05) is 6.61 Å². The summed E-state index contributed by atoms with van der Waals surface area (Å²) in [5.74, 6) is 2.87. The van der Waals surface area contributed by atoms with Gasteiger partial charge in [0.1, 0.15) is 0 Å². The molecule has 0 aromatic rings. The molecule has 0 aromatic carbocycles. The largest absolute Gasteiger partial charge is 0.378 e. The van der Waals surface area contributed by atoms with E-state index in [4.69, 9.17) is 4.74 Å². The van der Waals surface area contributed by atoms with E-state index >= 15 is 0 Å². The molecule has 0 aromatic heterocycles. The van der Waals surface area contributed by atoms with Crippen LogP contribution < -0.4 is 0 Å². The summed E-state index contributed by atoms with van der Waals surface area (Å²) in [6, 6.07) is 0. The van der Waals surface area contributed by atoms with E-state index in [-0.39, 0.29) is 0 Å². The number of ether oxygens (including phenoxy) is 1. The maximum atomic E-state index is 11.9. The summed E-state index contributed by atoms with van der Waals surface area (Å²) in [5.41, 5.74) is 2.19. The Balaban J connectivity index is 1.59. The molecule has 0 N–H and O–H groups in total. The Bertz CT molecular complexity index is 550. The molecule has 3 saturated carbocycles. The Morgan fingerprint density at radius 3 is 2.71 bits per heavy atom. The molecule has 0 bridgehead atoms. The van der Waals surface area contributed by atoms with Gasteiger partial charge in [0.2, 0.25) is 0 Å². The van der Waals surface area contributed by atoms with Crippen LogP contribution >= 0.6 is 0 Å². The molecule has 3 fully saturated rings. The van der Waals surface area contributed by atoms with Gasteiger partial charge in [-0.25, -0.2) is 0 Å². The fraction of sp³-hybridized carbons (Fsp3) is 0.864. The van der Waals surface area contributed by atoms with Crippen LogP contribution in [0.3, 0.4) is 0 Å². The van der Waals surface area contributed by atoms with Crippen LogP contribution in [0.25, 0.3) is 0 Å². The number of rotatable bonds is 3. The van der Waals surface area contributed by atoms with Crippen molar-refractivity contribution in [3.8, 4) is 0 Å². The first-order valence-electron chi connectivity index (χ1n) is 10.3. The normalized spacial score (nSPS) is 47.6. The van der Waals surface area contributed by atoms with E-state index < -0.39 is 0 Å². The number of fused-ring (bicyclic) bond motifs is 5. The lowest BCUT2D eigenvalue weighted by Crippen LogP contribution is -2.51. The molecule has 0 aliphatic heterocycles. The minimum absolute atomic E-state index is 0.306. The fourth-order valence-corrected chi connectivity index (χ4v) is 7.05. The van der Waals surface area contributed by atoms with Crippen molar-refractivity contribution in [2.24, 2.45) is 28.6 Å². The van der Waals surface area contributed by atoms with E-state index in [0.717, 1.165) is 50.0 Å². The Morgan fingerprint density at radius 1 is 1.08 bits per heavy atom. The Labute approximate surface area is 147 Å². The summed E-state index contributed by atoms with van der Waals surface area (Å²) < 4.78 is 6.29. The maximum absolute atomic E-state index is 11.9. The van der Waals surface area contributed by atoms with Crippen molar-refractivity contribution in [2.45, 2.75) is 84.7 Å². The standard InChI is InChI=1S/C22H34O2/c1-4-13-24-20-8-7-18-17-6-5-15-14-16(23)9-11-21(15,2)19(17)10-12-22(18,20)3/h14,17-20H,4-13H2,1-3H3/t17-,18+,19+,20+,21+,22+/m1/s1. The number of ketones is 1. The highest BCUT2D eigenvalue weighted by Crippen LogP contribution is 2.65. The average molecular weight is 331 g/mol. The smallest absolute Gasteiger partial charge is 0.155 e. The molecule has 134 valence electrons. The molecular formula is C22H34O2. The van der Waals surface area contributed by atoms with Gasteiger partial charge in [0, 0.05) is 13.0 Å². The molecule has 0 saturated heterocycles. The molecule has 0 spiro atoms.